The molecule has 0 aliphatic carbocycles. The predicted octanol–water partition coefficient (Wildman–Crippen LogP) is 3.28. The smallest absolute Gasteiger partial charge is 0.319 e. The molecule has 3 N–H and O–H groups in total. The molecule has 28 heavy (non-hydrogen) atoms. The minimum Gasteiger partial charge on any atom is -0.491 e. The van der Waals surface area contributed by atoms with Gasteiger partial charge in [0.2, 0.25) is 0 Å². The van der Waals surface area contributed by atoms with Gasteiger partial charge in [-0.3, -0.25) is 4.79 Å². The number of amides is 3. The Hall–Kier alpha value is -3.29. The highest BCUT2D eigenvalue weighted by Gasteiger charge is 2.21. The van der Waals surface area contributed by atoms with Crippen molar-refractivity contribution in [1.29, 1.82) is 0 Å². The molecule has 0 atom stereocenters. The monoisotopic (exact) mass is 387 g/mol. The number of carbonyl (C=O) groups excluding carboxylic acids is 2. The number of fused-ring (bicyclic) bond motifs is 1. The summed E-state index contributed by atoms with van der Waals surface area (Å²) in [6.45, 7) is 6.30. The third kappa shape index (κ3) is 4.51. The van der Waals surface area contributed by atoms with Crippen LogP contribution in [0.15, 0.2) is 24.3 Å². The van der Waals surface area contributed by atoms with Gasteiger partial charge in [-0.25, -0.2) is 9.18 Å². The van der Waals surface area contributed by atoms with Crippen molar-refractivity contribution < 1.29 is 23.5 Å². The molecular formula is C20H22FN3O4. The molecule has 0 unspecified atom stereocenters. The first-order valence-electron chi connectivity index (χ1n) is 8.85. The quantitative estimate of drug-likeness (QED) is 0.687. The normalized spacial score (nSPS) is 12.5. The molecule has 1 aliphatic rings. The lowest BCUT2D eigenvalue weighted by Gasteiger charge is -2.19. The first kappa shape index (κ1) is 19.5. The third-order valence-corrected chi connectivity index (χ3v) is 4.16. The Balaban J connectivity index is 1.52. The molecular weight excluding hydrogens is 365 g/mol. The molecule has 2 aromatic rings. The Morgan fingerprint density at radius 1 is 1.21 bits per heavy atom. The van der Waals surface area contributed by atoms with Crippen molar-refractivity contribution in [2.24, 2.45) is 0 Å². The van der Waals surface area contributed by atoms with Crippen molar-refractivity contribution in [3.8, 4) is 11.5 Å². The average molecular weight is 387 g/mol. The average Bonchev–Trinajstić information content (AvgIpc) is 2.59. The lowest BCUT2D eigenvalue weighted by Crippen LogP contribution is -2.32. The standard InChI is InChI=1S/C20H22FN3O4/c1-11-6-12(2)18(13(3)7-11)27-5-4-22-20(26)23-14-8-15(21)19-16(9-14)24-17(25)10-28-19/h6-9H,4-5,10H2,1-3H3,(H,24,25)(H2,22,23,26). The van der Waals surface area contributed by atoms with E-state index in [9.17, 15) is 14.0 Å². The van der Waals surface area contributed by atoms with Gasteiger partial charge in [0.05, 0.1) is 12.2 Å². The Morgan fingerprint density at radius 3 is 2.64 bits per heavy atom. The number of urea groups is 1. The summed E-state index contributed by atoms with van der Waals surface area (Å²) in [6.07, 6.45) is 0. The molecule has 7 nitrogen and oxygen atoms in total. The molecule has 8 heteroatoms. The number of anilines is 2. The molecule has 3 amide bonds. The van der Waals surface area contributed by atoms with E-state index in [1.165, 1.54) is 11.6 Å². The van der Waals surface area contributed by atoms with Gasteiger partial charge in [-0.15, -0.1) is 0 Å². The molecule has 1 aliphatic heterocycles. The second-order valence-corrected chi connectivity index (χ2v) is 6.63. The van der Waals surface area contributed by atoms with E-state index in [4.69, 9.17) is 9.47 Å². The maximum atomic E-state index is 14.0. The van der Waals surface area contributed by atoms with Crippen LogP contribution in [-0.4, -0.2) is 31.7 Å². The number of benzene rings is 2. The second kappa shape index (κ2) is 8.16. The minimum absolute atomic E-state index is 0.0391. The second-order valence-electron chi connectivity index (χ2n) is 6.63. The fourth-order valence-electron chi connectivity index (χ4n) is 3.12. The number of halogens is 1. The SMILES string of the molecule is Cc1cc(C)c(OCCNC(=O)Nc2cc(F)c3c(c2)NC(=O)CO3)c(C)c1. The van der Waals surface area contributed by atoms with E-state index < -0.39 is 11.8 Å². The Bertz CT molecular complexity index is 907. The Labute approximate surface area is 162 Å². The maximum absolute atomic E-state index is 14.0. The summed E-state index contributed by atoms with van der Waals surface area (Å²) in [4.78, 5) is 23.4. The highest BCUT2D eigenvalue weighted by atomic mass is 19.1. The highest BCUT2D eigenvalue weighted by molar-refractivity contribution is 5.97. The van der Waals surface area contributed by atoms with Crippen LogP contribution in [0.4, 0.5) is 20.6 Å². The van der Waals surface area contributed by atoms with Gasteiger partial charge in [0, 0.05) is 11.8 Å². The van der Waals surface area contributed by atoms with E-state index in [-0.39, 0.29) is 36.2 Å². The van der Waals surface area contributed by atoms with Gasteiger partial charge in [-0.1, -0.05) is 17.7 Å². The number of aryl methyl sites for hydroxylation is 3. The molecule has 1 heterocycles. The van der Waals surface area contributed by atoms with Gasteiger partial charge in [0.1, 0.15) is 12.4 Å². The van der Waals surface area contributed by atoms with Gasteiger partial charge >= 0.3 is 6.03 Å². The zero-order valence-electron chi connectivity index (χ0n) is 15.9. The number of nitrogens with one attached hydrogen (secondary N) is 3. The first-order valence-corrected chi connectivity index (χ1v) is 8.85. The van der Waals surface area contributed by atoms with E-state index in [0.717, 1.165) is 22.9 Å². The van der Waals surface area contributed by atoms with Crippen LogP contribution < -0.4 is 25.4 Å². The summed E-state index contributed by atoms with van der Waals surface area (Å²) in [6, 6.07) is 6.13. The number of hydrogen-bond donors (Lipinski definition) is 3. The number of hydrogen-bond acceptors (Lipinski definition) is 4. The van der Waals surface area contributed by atoms with Crippen molar-refractivity contribution in [3.63, 3.8) is 0 Å². The maximum Gasteiger partial charge on any atom is 0.319 e. The summed E-state index contributed by atoms with van der Waals surface area (Å²) < 4.78 is 24.8. The lowest BCUT2D eigenvalue weighted by molar-refractivity contribution is -0.118. The number of rotatable bonds is 5. The zero-order valence-corrected chi connectivity index (χ0v) is 15.9. The number of ether oxygens (including phenoxy) is 2. The minimum atomic E-state index is -0.665. The van der Waals surface area contributed by atoms with Gasteiger partial charge in [0.15, 0.2) is 18.2 Å². The molecule has 0 fully saturated rings. The lowest BCUT2D eigenvalue weighted by atomic mass is 10.1. The van der Waals surface area contributed by atoms with Crippen LogP contribution in [-0.2, 0) is 4.79 Å². The number of carbonyl (C=O) groups is 2. The Morgan fingerprint density at radius 2 is 1.93 bits per heavy atom. The van der Waals surface area contributed by atoms with E-state index in [1.807, 2.05) is 32.9 Å². The summed E-state index contributed by atoms with van der Waals surface area (Å²) in [5.74, 6) is -0.281. The van der Waals surface area contributed by atoms with Crippen molar-refractivity contribution in [2.45, 2.75) is 20.8 Å². The summed E-state index contributed by atoms with van der Waals surface area (Å²) in [5, 5.41) is 7.67. The van der Waals surface area contributed by atoms with Gasteiger partial charge < -0.3 is 25.4 Å². The van der Waals surface area contributed by atoms with Crippen LogP contribution in [0, 0.1) is 26.6 Å². The zero-order chi connectivity index (χ0) is 20.3. The molecule has 0 saturated heterocycles. The molecule has 0 spiro atoms. The van der Waals surface area contributed by atoms with Gasteiger partial charge in [-0.2, -0.15) is 0 Å². The van der Waals surface area contributed by atoms with Crippen LogP contribution >= 0.6 is 0 Å². The fraction of sp³-hybridized carbons (Fsp3) is 0.300. The van der Waals surface area contributed by atoms with Crippen LogP contribution in [0.3, 0.4) is 0 Å². The fourth-order valence-corrected chi connectivity index (χ4v) is 3.12. The van der Waals surface area contributed by atoms with E-state index in [2.05, 4.69) is 16.0 Å². The molecule has 2 aromatic carbocycles. The molecule has 0 radical (unpaired) electrons. The first-order chi connectivity index (χ1) is 13.3. The van der Waals surface area contributed by atoms with Crippen LogP contribution in [0.5, 0.6) is 11.5 Å². The molecule has 0 aromatic heterocycles. The summed E-state index contributed by atoms with van der Waals surface area (Å²) in [5.41, 5.74) is 3.62. The highest BCUT2D eigenvalue weighted by Crippen LogP contribution is 2.33. The molecule has 0 saturated carbocycles. The van der Waals surface area contributed by atoms with Crippen molar-refractivity contribution in [2.75, 3.05) is 30.4 Å². The molecule has 148 valence electrons. The van der Waals surface area contributed by atoms with Gasteiger partial charge in [-0.05, 0) is 38.0 Å². The summed E-state index contributed by atoms with van der Waals surface area (Å²) in [7, 11) is 0. The van der Waals surface area contributed by atoms with Crippen LogP contribution in [0.2, 0.25) is 0 Å². The van der Waals surface area contributed by atoms with E-state index in [0.29, 0.717) is 6.61 Å². The van der Waals surface area contributed by atoms with Gasteiger partial charge in [0.25, 0.3) is 5.91 Å². The van der Waals surface area contributed by atoms with Crippen molar-refractivity contribution >= 4 is 23.3 Å². The largest absolute Gasteiger partial charge is 0.491 e. The van der Waals surface area contributed by atoms with Crippen LogP contribution in [0.25, 0.3) is 0 Å². The van der Waals surface area contributed by atoms with Crippen molar-refractivity contribution in [3.05, 3.63) is 46.8 Å². The van der Waals surface area contributed by atoms with E-state index in [1.54, 1.807) is 0 Å². The molecule has 3 rings (SSSR count). The van der Waals surface area contributed by atoms with E-state index >= 15 is 0 Å². The molecule has 0 bridgehead atoms. The van der Waals surface area contributed by atoms with Crippen molar-refractivity contribution in [1.82, 2.24) is 5.32 Å². The van der Waals surface area contributed by atoms with Crippen LogP contribution in [0.1, 0.15) is 16.7 Å². The third-order valence-electron chi connectivity index (χ3n) is 4.16. The predicted molar refractivity (Wildman–Crippen MR) is 104 cm³/mol. The topological polar surface area (TPSA) is 88.7 Å². The summed E-state index contributed by atoms with van der Waals surface area (Å²) >= 11 is 0. The Kier molecular flexibility index (Phi) is 5.67.